The average molecular weight is 294 g/mol. The molecule has 7 heteroatoms. The molecule has 0 saturated carbocycles. The van der Waals surface area contributed by atoms with Gasteiger partial charge in [-0.2, -0.15) is 5.10 Å². The number of sulfonamides is 1. The van der Waals surface area contributed by atoms with Crippen LogP contribution < -0.4 is 10.9 Å². The minimum atomic E-state index is -3.85. The number of rotatable bonds is 3. The molecule has 0 unspecified atom stereocenters. The lowest BCUT2D eigenvalue weighted by molar-refractivity contribution is 0.598. The van der Waals surface area contributed by atoms with Crippen molar-refractivity contribution in [2.75, 3.05) is 5.73 Å². The fourth-order valence-electron chi connectivity index (χ4n) is 2.39. The quantitative estimate of drug-likeness (QED) is 0.832. The number of nitrogens with zero attached hydrogens (tertiary/aromatic N) is 2. The molecule has 1 aromatic carbocycles. The molecule has 0 radical (unpaired) electrons. The van der Waals surface area contributed by atoms with Crippen LogP contribution in [0.1, 0.15) is 23.9 Å². The number of hydrogen-bond donors (Lipinski definition) is 2. The van der Waals surface area contributed by atoms with E-state index in [4.69, 9.17) is 10.9 Å². The number of hydrogen-bond acceptors (Lipinski definition) is 4. The van der Waals surface area contributed by atoms with E-state index in [9.17, 15) is 8.42 Å². The maximum Gasteiger partial charge on any atom is 0.240 e. The number of anilines is 1. The van der Waals surface area contributed by atoms with Crippen molar-refractivity contribution < 1.29 is 8.42 Å². The Kier molecular flexibility index (Phi) is 3.58. The van der Waals surface area contributed by atoms with Gasteiger partial charge in [-0.05, 0) is 38.0 Å². The van der Waals surface area contributed by atoms with Crippen molar-refractivity contribution in [2.45, 2.75) is 32.1 Å². The van der Waals surface area contributed by atoms with Crippen LogP contribution in [0.25, 0.3) is 5.69 Å². The molecule has 0 aliphatic heterocycles. The van der Waals surface area contributed by atoms with Gasteiger partial charge in [0.25, 0.3) is 0 Å². The monoisotopic (exact) mass is 294 g/mol. The molecule has 2 rings (SSSR count). The maximum atomic E-state index is 11.5. The van der Waals surface area contributed by atoms with Gasteiger partial charge in [0.1, 0.15) is 4.90 Å². The van der Waals surface area contributed by atoms with Gasteiger partial charge in [-0.15, -0.1) is 0 Å². The third kappa shape index (κ3) is 2.30. The Morgan fingerprint density at radius 1 is 1.30 bits per heavy atom. The largest absolute Gasteiger partial charge is 0.396 e. The van der Waals surface area contributed by atoms with Gasteiger partial charge in [0.2, 0.25) is 10.0 Å². The highest BCUT2D eigenvalue weighted by molar-refractivity contribution is 7.89. The molecular weight excluding hydrogens is 276 g/mol. The number of para-hydroxylation sites is 1. The lowest BCUT2D eigenvalue weighted by Gasteiger charge is -2.11. The first-order chi connectivity index (χ1) is 9.27. The number of benzene rings is 1. The van der Waals surface area contributed by atoms with Crippen LogP contribution in [0, 0.1) is 13.8 Å². The standard InChI is InChI=1S/C13H18N4O2S/c1-4-10-8(2)16-17(9(10)3)11-6-5-7-12(13(11)14)20(15,18)19/h5-7H,4,14H2,1-3H3,(H2,15,18,19). The van der Waals surface area contributed by atoms with Crippen molar-refractivity contribution in [1.82, 2.24) is 9.78 Å². The van der Waals surface area contributed by atoms with Crippen molar-refractivity contribution in [3.05, 3.63) is 35.2 Å². The second-order valence-corrected chi connectivity index (χ2v) is 6.18. The smallest absolute Gasteiger partial charge is 0.240 e. The van der Waals surface area contributed by atoms with E-state index < -0.39 is 10.0 Å². The van der Waals surface area contributed by atoms with Crippen molar-refractivity contribution in [1.29, 1.82) is 0 Å². The summed E-state index contributed by atoms with van der Waals surface area (Å²) in [6.07, 6.45) is 0.854. The van der Waals surface area contributed by atoms with Gasteiger partial charge in [0.05, 0.1) is 17.1 Å². The van der Waals surface area contributed by atoms with Gasteiger partial charge >= 0.3 is 0 Å². The molecule has 20 heavy (non-hydrogen) atoms. The summed E-state index contributed by atoms with van der Waals surface area (Å²) in [4.78, 5) is -0.0828. The third-order valence-electron chi connectivity index (χ3n) is 3.37. The Morgan fingerprint density at radius 3 is 2.45 bits per heavy atom. The van der Waals surface area contributed by atoms with Crippen LogP contribution in [-0.4, -0.2) is 18.2 Å². The number of nitrogens with two attached hydrogens (primary N) is 2. The van der Waals surface area contributed by atoms with Gasteiger partial charge in [0.15, 0.2) is 0 Å². The molecule has 1 aromatic heterocycles. The van der Waals surface area contributed by atoms with E-state index in [2.05, 4.69) is 5.10 Å². The maximum absolute atomic E-state index is 11.5. The van der Waals surface area contributed by atoms with E-state index in [0.29, 0.717) is 5.69 Å². The van der Waals surface area contributed by atoms with Gasteiger partial charge in [-0.25, -0.2) is 18.2 Å². The summed E-state index contributed by atoms with van der Waals surface area (Å²) in [5.74, 6) is 0. The lowest BCUT2D eigenvalue weighted by atomic mass is 10.1. The van der Waals surface area contributed by atoms with Crippen LogP contribution >= 0.6 is 0 Å². The first kappa shape index (κ1) is 14.5. The van der Waals surface area contributed by atoms with Gasteiger partial charge in [-0.3, -0.25) is 0 Å². The molecule has 0 aliphatic carbocycles. The normalized spacial score (nSPS) is 11.8. The van der Waals surface area contributed by atoms with Crippen LogP contribution in [0.3, 0.4) is 0 Å². The number of aryl methyl sites for hydroxylation is 1. The Labute approximate surface area is 118 Å². The predicted octanol–water partition coefficient (Wildman–Crippen LogP) is 1.28. The fourth-order valence-corrected chi connectivity index (χ4v) is 3.07. The highest BCUT2D eigenvalue weighted by atomic mass is 32.2. The molecule has 2 aromatic rings. The number of nitrogen functional groups attached to an aromatic ring is 1. The second-order valence-electron chi connectivity index (χ2n) is 4.65. The van der Waals surface area contributed by atoms with E-state index >= 15 is 0 Å². The van der Waals surface area contributed by atoms with E-state index in [0.717, 1.165) is 23.4 Å². The first-order valence-corrected chi connectivity index (χ1v) is 7.78. The molecule has 0 atom stereocenters. The highest BCUT2D eigenvalue weighted by Gasteiger charge is 2.18. The molecule has 0 amide bonds. The summed E-state index contributed by atoms with van der Waals surface area (Å²) < 4.78 is 24.7. The Balaban J connectivity index is 2.72. The Hall–Kier alpha value is -1.86. The zero-order chi connectivity index (χ0) is 15.1. The minimum Gasteiger partial charge on any atom is -0.396 e. The average Bonchev–Trinajstić information content (AvgIpc) is 2.63. The van der Waals surface area contributed by atoms with Crippen LogP contribution in [0.5, 0.6) is 0 Å². The van der Waals surface area contributed by atoms with Crippen LogP contribution in [0.15, 0.2) is 23.1 Å². The lowest BCUT2D eigenvalue weighted by Crippen LogP contribution is -2.16. The fraction of sp³-hybridized carbons (Fsp3) is 0.308. The third-order valence-corrected chi connectivity index (χ3v) is 4.34. The summed E-state index contributed by atoms with van der Waals surface area (Å²) >= 11 is 0. The van der Waals surface area contributed by atoms with Gasteiger partial charge in [0, 0.05) is 5.69 Å². The zero-order valence-electron chi connectivity index (χ0n) is 11.7. The Morgan fingerprint density at radius 2 is 1.95 bits per heavy atom. The van der Waals surface area contributed by atoms with Crippen LogP contribution in [0.4, 0.5) is 5.69 Å². The molecule has 108 valence electrons. The minimum absolute atomic E-state index is 0.0828. The molecule has 6 nitrogen and oxygen atoms in total. The summed E-state index contributed by atoms with van der Waals surface area (Å²) in [6, 6.07) is 4.72. The summed E-state index contributed by atoms with van der Waals surface area (Å²) in [7, 11) is -3.85. The molecule has 0 fully saturated rings. The SMILES string of the molecule is CCc1c(C)nn(-c2cccc(S(N)(=O)=O)c2N)c1C. The topological polar surface area (TPSA) is 104 Å². The van der Waals surface area contributed by atoms with Gasteiger partial charge < -0.3 is 5.73 Å². The molecule has 0 aliphatic rings. The number of aromatic nitrogens is 2. The van der Waals surface area contributed by atoms with Crippen molar-refractivity contribution in [2.24, 2.45) is 5.14 Å². The molecule has 4 N–H and O–H groups in total. The summed E-state index contributed by atoms with van der Waals surface area (Å²) in [5, 5.41) is 9.60. The molecule has 0 bridgehead atoms. The van der Waals surface area contributed by atoms with Crippen LogP contribution in [-0.2, 0) is 16.4 Å². The van der Waals surface area contributed by atoms with Crippen molar-refractivity contribution in [3.63, 3.8) is 0 Å². The van der Waals surface area contributed by atoms with E-state index in [1.54, 1.807) is 16.8 Å². The summed E-state index contributed by atoms with van der Waals surface area (Å²) in [5.41, 5.74) is 9.58. The molecule has 0 saturated heterocycles. The molecule has 0 spiro atoms. The van der Waals surface area contributed by atoms with E-state index in [1.165, 1.54) is 6.07 Å². The highest BCUT2D eigenvalue weighted by Crippen LogP contribution is 2.27. The second kappa shape index (κ2) is 4.92. The molecular formula is C13H18N4O2S. The van der Waals surface area contributed by atoms with Crippen molar-refractivity contribution >= 4 is 15.7 Å². The zero-order valence-corrected chi connectivity index (χ0v) is 12.5. The van der Waals surface area contributed by atoms with Crippen molar-refractivity contribution in [3.8, 4) is 5.69 Å². The number of primary sulfonamides is 1. The predicted molar refractivity (Wildman–Crippen MR) is 78.2 cm³/mol. The Bertz CT molecular complexity index is 763. The van der Waals surface area contributed by atoms with E-state index in [-0.39, 0.29) is 10.6 Å². The summed E-state index contributed by atoms with van der Waals surface area (Å²) in [6.45, 7) is 5.90. The molecule has 1 heterocycles. The first-order valence-electron chi connectivity index (χ1n) is 6.24. The van der Waals surface area contributed by atoms with Gasteiger partial charge in [-0.1, -0.05) is 13.0 Å². The van der Waals surface area contributed by atoms with E-state index in [1.807, 2.05) is 20.8 Å². The van der Waals surface area contributed by atoms with Crippen LogP contribution in [0.2, 0.25) is 0 Å².